The van der Waals surface area contributed by atoms with E-state index in [2.05, 4.69) is 4.90 Å². The lowest BCUT2D eigenvalue weighted by Gasteiger charge is -2.36. The van der Waals surface area contributed by atoms with E-state index in [9.17, 15) is 14.9 Å². The number of likely N-dealkylation sites (N-methyl/N-ethyl adjacent to an activating group) is 1. The van der Waals surface area contributed by atoms with Crippen LogP contribution in [0.1, 0.15) is 0 Å². The number of benzene rings is 1. The Morgan fingerprint density at radius 1 is 1.19 bits per heavy atom. The number of nitro groups is 1. The lowest BCUT2D eigenvalue weighted by molar-refractivity contribution is -0.384. The Morgan fingerprint density at radius 2 is 1.76 bits per heavy atom. The number of carbonyl (C=O) groups excluding carboxylic acids is 1. The van der Waals surface area contributed by atoms with Crippen LogP contribution in [-0.4, -0.2) is 67.4 Å². The SMILES string of the molecule is CN(C)CC(=O)N1CCN(c2ccc([N+](=O)[O-])cc2)CC1. The topological polar surface area (TPSA) is 69.9 Å². The van der Waals surface area contributed by atoms with Crippen LogP contribution in [-0.2, 0) is 4.79 Å². The number of hydrogen-bond donors (Lipinski definition) is 0. The summed E-state index contributed by atoms with van der Waals surface area (Å²) in [4.78, 5) is 28.1. The maximum absolute atomic E-state index is 12.0. The van der Waals surface area contributed by atoms with Crippen molar-refractivity contribution in [1.29, 1.82) is 0 Å². The van der Waals surface area contributed by atoms with Crippen molar-refractivity contribution in [2.45, 2.75) is 0 Å². The summed E-state index contributed by atoms with van der Waals surface area (Å²) in [5.74, 6) is 0.142. The quantitative estimate of drug-likeness (QED) is 0.606. The van der Waals surface area contributed by atoms with Gasteiger partial charge in [-0.1, -0.05) is 0 Å². The first-order valence-electron chi connectivity index (χ1n) is 6.89. The Labute approximate surface area is 123 Å². The van der Waals surface area contributed by atoms with Crippen LogP contribution in [0.5, 0.6) is 0 Å². The van der Waals surface area contributed by atoms with Gasteiger partial charge in [-0.25, -0.2) is 0 Å². The molecule has 0 unspecified atom stereocenters. The van der Waals surface area contributed by atoms with Crippen LogP contribution in [0.25, 0.3) is 0 Å². The second-order valence-corrected chi connectivity index (χ2v) is 5.38. The second kappa shape index (κ2) is 6.53. The van der Waals surface area contributed by atoms with E-state index < -0.39 is 4.92 Å². The zero-order valence-corrected chi connectivity index (χ0v) is 12.4. The molecule has 1 heterocycles. The highest BCUT2D eigenvalue weighted by Gasteiger charge is 2.21. The van der Waals surface area contributed by atoms with Crippen LogP contribution in [0.4, 0.5) is 11.4 Å². The smallest absolute Gasteiger partial charge is 0.269 e. The first kappa shape index (κ1) is 15.2. The molecule has 0 N–H and O–H groups in total. The number of rotatable bonds is 4. The molecule has 0 aliphatic carbocycles. The number of amides is 1. The summed E-state index contributed by atoms with van der Waals surface area (Å²) in [6, 6.07) is 6.54. The predicted molar refractivity (Wildman–Crippen MR) is 80.4 cm³/mol. The largest absolute Gasteiger partial charge is 0.368 e. The molecule has 7 heteroatoms. The average Bonchev–Trinajstić information content (AvgIpc) is 2.47. The predicted octanol–water partition coefficient (Wildman–Crippen LogP) is 0.805. The molecule has 114 valence electrons. The van der Waals surface area contributed by atoms with Gasteiger partial charge in [-0.05, 0) is 26.2 Å². The number of piperazine rings is 1. The van der Waals surface area contributed by atoms with Gasteiger partial charge < -0.3 is 14.7 Å². The maximum atomic E-state index is 12.0. The van der Waals surface area contributed by atoms with Crippen molar-refractivity contribution in [3.05, 3.63) is 34.4 Å². The van der Waals surface area contributed by atoms with E-state index in [-0.39, 0.29) is 11.6 Å². The molecule has 0 bridgehead atoms. The van der Waals surface area contributed by atoms with E-state index in [0.717, 1.165) is 18.8 Å². The Morgan fingerprint density at radius 3 is 2.24 bits per heavy atom. The molecule has 1 amide bonds. The van der Waals surface area contributed by atoms with Crippen molar-refractivity contribution in [3.8, 4) is 0 Å². The molecule has 1 fully saturated rings. The minimum atomic E-state index is -0.401. The Bertz CT molecular complexity index is 507. The van der Waals surface area contributed by atoms with Crippen LogP contribution in [0, 0.1) is 10.1 Å². The van der Waals surface area contributed by atoms with Gasteiger partial charge in [0.25, 0.3) is 5.69 Å². The van der Waals surface area contributed by atoms with Gasteiger partial charge in [-0.3, -0.25) is 14.9 Å². The minimum absolute atomic E-state index is 0.0959. The molecular weight excluding hydrogens is 272 g/mol. The molecule has 2 rings (SSSR count). The molecule has 1 aliphatic heterocycles. The third-order valence-electron chi connectivity index (χ3n) is 3.51. The summed E-state index contributed by atoms with van der Waals surface area (Å²) in [6.45, 7) is 3.29. The zero-order chi connectivity index (χ0) is 15.4. The number of carbonyl (C=O) groups is 1. The van der Waals surface area contributed by atoms with Gasteiger partial charge in [0.05, 0.1) is 11.5 Å². The highest BCUT2D eigenvalue weighted by Crippen LogP contribution is 2.20. The van der Waals surface area contributed by atoms with Gasteiger partial charge in [-0.2, -0.15) is 0 Å². The maximum Gasteiger partial charge on any atom is 0.269 e. The monoisotopic (exact) mass is 292 g/mol. The molecule has 0 saturated carbocycles. The summed E-state index contributed by atoms with van der Waals surface area (Å²) >= 11 is 0. The molecule has 0 aromatic heterocycles. The fraction of sp³-hybridized carbons (Fsp3) is 0.500. The lowest BCUT2D eigenvalue weighted by Crippen LogP contribution is -2.50. The van der Waals surface area contributed by atoms with Crippen molar-refractivity contribution in [1.82, 2.24) is 9.80 Å². The molecule has 1 aromatic carbocycles. The Kier molecular flexibility index (Phi) is 4.74. The number of anilines is 1. The van der Waals surface area contributed by atoms with E-state index in [1.54, 1.807) is 12.1 Å². The standard InChI is InChI=1S/C14H20N4O3/c1-15(2)11-14(19)17-9-7-16(8-10-17)12-3-5-13(6-4-12)18(20)21/h3-6H,7-11H2,1-2H3. The van der Waals surface area contributed by atoms with E-state index in [1.165, 1.54) is 12.1 Å². The molecule has 1 aliphatic rings. The van der Waals surface area contributed by atoms with Gasteiger partial charge in [0.1, 0.15) is 0 Å². The van der Waals surface area contributed by atoms with E-state index >= 15 is 0 Å². The molecule has 1 saturated heterocycles. The summed E-state index contributed by atoms with van der Waals surface area (Å²) in [5.41, 5.74) is 1.05. The summed E-state index contributed by atoms with van der Waals surface area (Å²) < 4.78 is 0. The van der Waals surface area contributed by atoms with Crippen molar-refractivity contribution < 1.29 is 9.72 Å². The first-order chi connectivity index (χ1) is 9.97. The number of non-ortho nitro benzene ring substituents is 1. The van der Waals surface area contributed by atoms with Crippen LogP contribution in [0.3, 0.4) is 0 Å². The van der Waals surface area contributed by atoms with Crippen molar-refractivity contribution in [3.63, 3.8) is 0 Å². The lowest BCUT2D eigenvalue weighted by atomic mass is 10.2. The number of nitro benzene ring substituents is 1. The third kappa shape index (κ3) is 3.91. The van der Waals surface area contributed by atoms with Crippen molar-refractivity contribution >= 4 is 17.3 Å². The number of nitrogens with zero attached hydrogens (tertiary/aromatic N) is 4. The van der Waals surface area contributed by atoms with Gasteiger partial charge in [-0.15, -0.1) is 0 Å². The third-order valence-corrected chi connectivity index (χ3v) is 3.51. The second-order valence-electron chi connectivity index (χ2n) is 5.38. The summed E-state index contributed by atoms with van der Waals surface area (Å²) in [7, 11) is 3.76. The minimum Gasteiger partial charge on any atom is -0.368 e. The number of hydrogen-bond acceptors (Lipinski definition) is 5. The van der Waals surface area contributed by atoms with Crippen LogP contribution < -0.4 is 4.90 Å². The molecule has 21 heavy (non-hydrogen) atoms. The van der Waals surface area contributed by atoms with E-state index in [4.69, 9.17) is 0 Å². The normalized spacial score (nSPS) is 15.4. The zero-order valence-electron chi connectivity index (χ0n) is 12.4. The first-order valence-corrected chi connectivity index (χ1v) is 6.89. The molecule has 1 aromatic rings. The molecular formula is C14H20N4O3. The average molecular weight is 292 g/mol. The fourth-order valence-electron chi connectivity index (χ4n) is 2.37. The fourth-order valence-corrected chi connectivity index (χ4v) is 2.37. The van der Waals surface area contributed by atoms with Crippen LogP contribution in [0.15, 0.2) is 24.3 Å². The van der Waals surface area contributed by atoms with Crippen LogP contribution >= 0.6 is 0 Å². The Hall–Kier alpha value is -2.15. The van der Waals surface area contributed by atoms with Gasteiger partial charge in [0.2, 0.25) is 5.91 Å². The van der Waals surface area contributed by atoms with E-state index in [0.29, 0.717) is 19.6 Å². The van der Waals surface area contributed by atoms with Gasteiger partial charge in [0, 0.05) is 44.0 Å². The van der Waals surface area contributed by atoms with E-state index in [1.807, 2.05) is 23.9 Å². The summed E-state index contributed by atoms with van der Waals surface area (Å²) in [6.07, 6.45) is 0. The van der Waals surface area contributed by atoms with Crippen LogP contribution in [0.2, 0.25) is 0 Å². The highest BCUT2D eigenvalue weighted by atomic mass is 16.6. The van der Waals surface area contributed by atoms with Crippen molar-refractivity contribution in [2.75, 3.05) is 51.7 Å². The molecule has 0 radical (unpaired) electrons. The summed E-state index contributed by atoms with van der Waals surface area (Å²) in [5, 5.41) is 10.6. The molecule has 7 nitrogen and oxygen atoms in total. The van der Waals surface area contributed by atoms with Crippen molar-refractivity contribution in [2.24, 2.45) is 0 Å². The molecule has 0 spiro atoms. The molecule has 0 atom stereocenters. The Balaban J connectivity index is 1.91. The van der Waals surface area contributed by atoms with Gasteiger partial charge >= 0.3 is 0 Å². The van der Waals surface area contributed by atoms with Gasteiger partial charge in [0.15, 0.2) is 0 Å². The highest BCUT2D eigenvalue weighted by molar-refractivity contribution is 5.78.